The number of benzene rings is 11. The van der Waals surface area contributed by atoms with Crippen LogP contribution in [0.5, 0.6) is 0 Å². The number of para-hydroxylation sites is 2. The van der Waals surface area contributed by atoms with Crippen LogP contribution in [-0.4, -0.2) is 0 Å². The lowest BCUT2D eigenvalue weighted by Gasteiger charge is -2.61. The van der Waals surface area contributed by atoms with Crippen LogP contribution in [0.4, 0.5) is 34.1 Å². The Balaban J connectivity index is 0.894. The van der Waals surface area contributed by atoms with Crippen molar-refractivity contribution in [2.45, 2.75) is 82.5 Å². The molecule has 6 fully saturated rings. The molecule has 0 N–H and O–H groups in total. The average Bonchev–Trinajstić information content (AvgIpc) is 4.32. The van der Waals surface area contributed by atoms with Gasteiger partial charge in [-0.3, -0.25) is 0 Å². The normalized spacial score (nSPS) is 27.0. The van der Waals surface area contributed by atoms with E-state index in [0.717, 1.165) is 62.7 Å². The first-order valence-electron chi connectivity index (χ1n) is 31.2. The molecular weight excluding hydrogens is 993 g/mol. The van der Waals surface area contributed by atoms with Crippen molar-refractivity contribution in [3.63, 3.8) is 0 Å². The molecule has 6 saturated carbocycles. The number of nitrogens with zero attached hydrogens (tertiary/aromatic N) is 2. The van der Waals surface area contributed by atoms with E-state index < -0.39 is 0 Å². The van der Waals surface area contributed by atoms with Gasteiger partial charge in [-0.15, -0.1) is 0 Å². The second-order valence-electron chi connectivity index (χ2n) is 26.9. The maximum absolute atomic E-state index is 6.58. The van der Waals surface area contributed by atoms with Gasteiger partial charge in [0.1, 0.15) is 11.2 Å². The van der Waals surface area contributed by atoms with Crippen LogP contribution in [0.2, 0.25) is 0 Å². The van der Waals surface area contributed by atoms with Crippen LogP contribution in [0.25, 0.3) is 76.5 Å². The van der Waals surface area contributed by atoms with Crippen molar-refractivity contribution in [1.29, 1.82) is 0 Å². The zero-order valence-electron chi connectivity index (χ0n) is 46.9. The second kappa shape index (κ2) is 16.8. The maximum atomic E-state index is 6.58. The van der Waals surface area contributed by atoms with Crippen molar-refractivity contribution in [1.82, 2.24) is 0 Å². The topological polar surface area (TPSA) is 19.6 Å². The Morgan fingerprint density at radius 1 is 0.341 bits per heavy atom. The van der Waals surface area contributed by atoms with Gasteiger partial charge in [-0.1, -0.05) is 166 Å². The molecule has 82 heavy (non-hydrogen) atoms. The molecule has 12 aromatic rings. The number of rotatable bonds is 6. The largest absolute Gasteiger partial charge is 0.456 e. The number of anilines is 6. The minimum absolute atomic E-state index is 0.0365. The summed E-state index contributed by atoms with van der Waals surface area (Å²) >= 11 is 0. The lowest BCUT2D eigenvalue weighted by atomic mass is 9.43. The van der Waals surface area contributed by atoms with Crippen molar-refractivity contribution in [2.24, 2.45) is 47.3 Å². The Kier molecular flexibility index (Phi) is 9.49. The molecule has 3 heteroatoms. The fourth-order valence-electron chi connectivity index (χ4n) is 20.8. The quantitative estimate of drug-likeness (QED) is 0.155. The van der Waals surface area contributed by atoms with Crippen molar-refractivity contribution in [3.05, 3.63) is 229 Å². The number of hydrogen-bond acceptors (Lipinski definition) is 3. The summed E-state index contributed by atoms with van der Waals surface area (Å²) in [6, 6.07) is 80.0. The van der Waals surface area contributed by atoms with Gasteiger partial charge >= 0.3 is 0 Å². The molecule has 3 nitrogen and oxygen atoms in total. The van der Waals surface area contributed by atoms with Gasteiger partial charge < -0.3 is 14.2 Å². The second-order valence-corrected chi connectivity index (χ2v) is 26.9. The van der Waals surface area contributed by atoms with Crippen LogP contribution < -0.4 is 9.80 Å². The zero-order chi connectivity index (χ0) is 53.7. The predicted molar refractivity (Wildman–Crippen MR) is 340 cm³/mol. The fraction of sp³-hybridized carbons (Fsp3) is 0.266. The Hall–Kier alpha value is -8.14. The first-order valence-corrected chi connectivity index (χ1v) is 31.2. The SMILES string of the molecule is CC1CC2CC(C)C3(c4ccccc4-c4c(N(c5cccc6c5-c5ccccc5C65C6CC7CC(C6)CC5C7)c5ccc6ccc7c(N(c8ccccc8)c8cccc9oc%10ccccc%10c89)ccc8ccc5c6c87)cccc43)C(C1)C2. The van der Waals surface area contributed by atoms with E-state index in [1.807, 2.05) is 0 Å². The maximum Gasteiger partial charge on any atom is 0.137 e. The minimum atomic E-state index is -0.0365. The van der Waals surface area contributed by atoms with Crippen LogP contribution in [0.15, 0.2) is 211 Å². The van der Waals surface area contributed by atoms with Gasteiger partial charge in [0.25, 0.3) is 0 Å². The van der Waals surface area contributed by atoms with Gasteiger partial charge in [0.2, 0.25) is 0 Å². The molecule has 11 aromatic carbocycles. The summed E-state index contributed by atoms with van der Waals surface area (Å²) in [5, 5.41) is 9.89. The fourth-order valence-corrected chi connectivity index (χ4v) is 20.8. The summed E-state index contributed by atoms with van der Waals surface area (Å²) in [5.74, 6) is 5.81. The van der Waals surface area contributed by atoms with Crippen molar-refractivity contribution >= 4 is 88.4 Å². The van der Waals surface area contributed by atoms with Gasteiger partial charge in [-0.05, 0) is 215 Å². The molecule has 0 aliphatic heterocycles. The van der Waals surface area contributed by atoms with Gasteiger partial charge in [-0.2, -0.15) is 0 Å². The number of fused-ring (bicyclic) bond motifs is 14. The van der Waals surface area contributed by atoms with Gasteiger partial charge in [0, 0.05) is 43.8 Å². The summed E-state index contributed by atoms with van der Waals surface area (Å²) in [7, 11) is 0. The molecule has 8 aliphatic carbocycles. The molecule has 2 spiro atoms. The third-order valence-corrected chi connectivity index (χ3v) is 23.1. The van der Waals surface area contributed by atoms with Crippen LogP contribution in [0.3, 0.4) is 0 Å². The summed E-state index contributed by atoms with van der Waals surface area (Å²) in [4.78, 5) is 5.29. The highest BCUT2D eigenvalue weighted by Crippen LogP contribution is 2.72. The van der Waals surface area contributed by atoms with Crippen molar-refractivity contribution in [3.8, 4) is 22.3 Å². The van der Waals surface area contributed by atoms with E-state index in [0.29, 0.717) is 23.7 Å². The predicted octanol–water partition coefficient (Wildman–Crippen LogP) is 21.5. The van der Waals surface area contributed by atoms with E-state index in [4.69, 9.17) is 4.42 Å². The first kappa shape index (κ1) is 46.5. The van der Waals surface area contributed by atoms with Crippen molar-refractivity contribution < 1.29 is 4.42 Å². The summed E-state index contributed by atoms with van der Waals surface area (Å²) in [6.07, 6.45) is 12.2. The van der Waals surface area contributed by atoms with Crippen LogP contribution in [-0.2, 0) is 10.8 Å². The number of furan rings is 1. The molecule has 20 rings (SSSR count). The smallest absolute Gasteiger partial charge is 0.137 e. The molecule has 0 radical (unpaired) electrons. The van der Waals surface area contributed by atoms with Gasteiger partial charge in [-0.25, -0.2) is 0 Å². The molecule has 1 aromatic heterocycles. The Labute approximate surface area is 480 Å². The molecular formula is C79H66N2O. The monoisotopic (exact) mass is 1060 g/mol. The lowest BCUT2D eigenvalue weighted by molar-refractivity contribution is -0.0399. The summed E-state index contributed by atoms with van der Waals surface area (Å²) < 4.78 is 6.58. The van der Waals surface area contributed by atoms with E-state index in [1.165, 1.54) is 129 Å². The van der Waals surface area contributed by atoms with E-state index in [-0.39, 0.29) is 10.8 Å². The Morgan fingerprint density at radius 2 is 0.841 bits per heavy atom. The summed E-state index contributed by atoms with van der Waals surface area (Å²) in [6.45, 7) is 5.17. The lowest BCUT2D eigenvalue weighted by Crippen LogP contribution is -2.55. The summed E-state index contributed by atoms with van der Waals surface area (Å²) in [5.41, 5.74) is 21.2. The first-order chi connectivity index (χ1) is 40.4. The van der Waals surface area contributed by atoms with Crippen LogP contribution in [0.1, 0.15) is 93.9 Å². The molecule has 398 valence electrons. The van der Waals surface area contributed by atoms with Gasteiger partial charge in [0.15, 0.2) is 0 Å². The molecule has 8 aliphatic rings. The van der Waals surface area contributed by atoms with E-state index >= 15 is 0 Å². The average molecular weight is 1060 g/mol. The Bertz CT molecular complexity index is 4610. The molecule has 5 atom stereocenters. The van der Waals surface area contributed by atoms with E-state index in [9.17, 15) is 0 Å². The highest BCUT2D eigenvalue weighted by molar-refractivity contribution is 6.29. The standard InChI is InChI=1S/C79H66N2O/c1-46-37-48-39-47(2)78(53(38-46)41-48)62-20-9-6-17-57(62)75-64(78)22-12-24-68(75)81(69-25-13-23-65-76(69)58-18-7-10-21-63(58)79(65)54-42-49-40-50(44-54)45-55(79)43-49)67-36-32-52-29-33-59-66(35-31-51-30-34-60(67)74(52)73(51)59)80(56-15-4-3-5-16-56)70-26-14-28-72-77(70)61-19-8-11-27-71(61)82-72/h3-36,46-50,53-55H,37-45H2,1-2H3. The van der Waals surface area contributed by atoms with E-state index in [1.54, 1.807) is 22.3 Å². The molecule has 6 bridgehead atoms. The minimum Gasteiger partial charge on any atom is -0.456 e. The molecule has 0 saturated heterocycles. The van der Waals surface area contributed by atoms with Crippen molar-refractivity contribution in [2.75, 3.05) is 9.80 Å². The highest BCUT2D eigenvalue weighted by atomic mass is 16.3. The highest BCUT2D eigenvalue weighted by Gasteiger charge is 2.62. The number of hydrogen-bond donors (Lipinski definition) is 0. The van der Waals surface area contributed by atoms with Gasteiger partial charge in [0.05, 0.1) is 33.8 Å². The molecule has 1 heterocycles. The Morgan fingerprint density at radius 3 is 1.51 bits per heavy atom. The van der Waals surface area contributed by atoms with E-state index in [2.05, 4.69) is 230 Å². The third-order valence-electron chi connectivity index (χ3n) is 23.1. The molecule has 0 amide bonds. The third kappa shape index (κ3) is 5.92. The molecule has 5 unspecified atom stereocenters. The van der Waals surface area contributed by atoms with Crippen LogP contribution >= 0.6 is 0 Å². The zero-order valence-corrected chi connectivity index (χ0v) is 46.9. The van der Waals surface area contributed by atoms with Crippen LogP contribution in [0, 0.1) is 47.3 Å².